The van der Waals surface area contributed by atoms with E-state index in [0.29, 0.717) is 22.1 Å². The molecule has 24 heavy (non-hydrogen) atoms. The lowest BCUT2D eigenvalue weighted by atomic mass is 10.1. The minimum absolute atomic E-state index is 0.00854. The topological polar surface area (TPSA) is 72.6 Å². The van der Waals surface area contributed by atoms with Gasteiger partial charge in [0.05, 0.1) is 27.0 Å². The van der Waals surface area contributed by atoms with E-state index >= 15 is 0 Å². The van der Waals surface area contributed by atoms with E-state index in [2.05, 4.69) is 0 Å². The molecule has 0 aliphatic heterocycles. The number of rotatable bonds is 4. The molecule has 3 aromatic carbocycles. The number of aliphatic hydroxyl groups excluding tert-OH is 1. The summed E-state index contributed by atoms with van der Waals surface area (Å²) in [6.45, 7) is -0.194. The van der Waals surface area contributed by atoms with E-state index in [1.165, 1.54) is 12.1 Å². The first-order valence-electron chi connectivity index (χ1n) is 6.94. The minimum atomic E-state index is -0.442. The van der Waals surface area contributed by atoms with E-state index in [1.54, 1.807) is 36.4 Å². The molecule has 0 heterocycles. The van der Waals surface area contributed by atoms with Crippen LogP contribution in [0.1, 0.15) is 5.56 Å². The number of non-ortho nitro benzene ring substituents is 1. The summed E-state index contributed by atoms with van der Waals surface area (Å²) in [6, 6.07) is 12.8. The standard InChI is InChI=1S/C17H11Cl2NO4/c18-13-7-10(9-21)8-14(19)17(13)24-16-6-5-15(20(22)23)11-3-1-2-4-12(11)16/h1-8,21H,9H2. The Hall–Kier alpha value is -2.34. The second-order valence-corrected chi connectivity index (χ2v) is 5.85. The van der Waals surface area contributed by atoms with Crippen molar-refractivity contribution in [1.82, 2.24) is 0 Å². The van der Waals surface area contributed by atoms with Gasteiger partial charge in [-0.25, -0.2) is 0 Å². The minimum Gasteiger partial charge on any atom is -0.454 e. The van der Waals surface area contributed by atoms with Crippen molar-refractivity contribution in [3.05, 3.63) is 74.3 Å². The quantitative estimate of drug-likeness (QED) is 0.501. The number of nitrogens with zero attached hydrogens (tertiary/aromatic N) is 1. The van der Waals surface area contributed by atoms with Gasteiger partial charge in [-0.1, -0.05) is 41.4 Å². The molecule has 0 amide bonds. The molecule has 1 N–H and O–H groups in total. The Morgan fingerprint density at radius 1 is 1.04 bits per heavy atom. The van der Waals surface area contributed by atoms with Gasteiger partial charge >= 0.3 is 0 Å². The first-order chi connectivity index (χ1) is 11.5. The van der Waals surface area contributed by atoms with Crippen LogP contribution >= 0.6 is 23.2 Å². The molecule has 0 aliphatic rings. The summed E-state index contributed by atoms with van der Waals surface area (Å²) in [7, 11) is 0. The zero-order valence-electron chi connectivity index (χ0n) is 12.2. The molecule has 0 atom stereocenters. The van der Waals surface area contributed by atoms with Crippen LogP contribution in [0.4, 0.5) is 5.69 Å². The molecular weight excluding hydrogens is 353 g/mol. The third-order valence-electron chi connectivity index (χ3n) is 3.51. The van der Waals surface area contributed by atoms with Gasteiger partial charge in [-0.3, -0.25) is 10.1 Å². The van der Waals surface area contributed by atoms with E-state index in [-0.39, 0.29) is 28.1 Å². The van der Waals surface area contributed by atoms with Crippen molar-refractivity contribution in [3.63, 3.8) is 0 Å². The van der Waals surface area contributed by atoms with Crippen LogP contribution in [0.2, 0.25) is 10.0 Å². The van der Waals surface area contributed by atoms with Crippen LogP contribution in [0.25, 0.3) is 10.8 Å². The van der Waals surface area contributed by atoms with Crippen molar-refractivity contribution in [1.29, 1.82) is 0 Å². The van der Waals surface area contributed by atoms with Crippen LogP contribution < -0.4 is 4.74 Å². The summed E-state index contributed by atoms with van der Waals surface area (Å²) < 4.78 is 5.82. The lowest BCUT2D eigenvalue weighted by Gasteiger charge is -2.13. The van der Waals surface area contributed by atoms with Crippen LogP contribution in [0, 0.1) is 10.1 Å². The Bertz CT molecular complexity index is 920. The Labute approximate surface area is 147 Å². The highest BCUT2D eigenvalue weighted by molar-refractivity contribution is 6.37. The molecule has 0 aliphatic carbocycles. The zero-order chi connectivity index (χ0) is 17.3. The summed E-state index contributed by atoms with van der Waals surface area (Å²) >= 11 is 12.3. The molecule has 0 saturated heterocycles. The largest absolute Gasteiger partial charge is 0.454 e. The lowest BCUT2D eigenvalue weighted by molar-refractivity contribution is -0.383. The van der Waals surface area contributed by atoms with E-state index < -0.39 is 4.92 Å². The molecule has 0 spiro atoms. The lowest BCUT2D eigenvalue weighted by Crippen LogP contribution is -1.94. The van der Waals surface area contributed by atoms with Gasteiger partial charge in [-0.05, 0) is 29.8 Å². The van der Waals surface area contributed by atoms with Crippen LogP contribution in [0.5, 0.6) is 11.5 Å². The van der Waals surface area contributed by atoms with Crippen molar-refractivity contribution in [2.75, 3.05) is 0 Å². The maximum Gasteiger partial charge on any atom is 0.277 e. The Morgan fingerprint density at radius 3 is 2.25 bits per heavy atom. The normalized spacial score (nSPS) is 10.8. The van der Waals surface area contributed by atoms with Crippen LogP contribution in [0.3, 0.4) is 0 Å². The highest BCUT2D eigenvalue weighted by atomic mass is 35.5. The number of halogens is 2. The fraction of sp³-hybridized carbons (Fsp3) is 0.0588. The first-order valence-corrected chi connectivity index (χ1v) is 7.69. The predicted octanol–water partition coefficient (Wildman–Crippen LogP) is 5.34. The molecule has 0 saturated carbocycles. The highest BCUT2D eigenvalue weighted by Gasteiger charge is 2.17. The summed E-state index contributed by atoms with van der Waals surface area (Å²) in [5, 5.41) is 21.9. The smallest absolute Gasteiger partial charge is 0.277 e. The van der Waals surface area contributed by atoms with E-state index in [4.69, 9.17) is 33.0 Å². The summed E-state index contributed by atoms with van der Waals surface area (Å²) in [6.07, 6.45) is 0. The zero-order valence-corrected chi connectivity index (χ0v) is 13.7. The maximum absolute atomic E-state index is 11.2. The number of aliphatic hydroxyl groups is 1. The van der Waals surface area contributed by atoms with E-state index in [1.807, 2.05) is 0 Å². The average molecular weight is 364 g/mol. The van der Waals surface area contributed by atoms with Crippen molar-refractivity contribution in [2.24, 2.45) is 0 Å². The van der Waals surface area contributed by atoms with Gasteiger partial charge in [0.15, 0.2) is 5.75 Å². The summed E-state index contributed by atoms with van der Waals surface area (Å²) in [4.78, 5) is 10.7. The predicted molar refractivity (Wildman–Crippen MR) is 93.1 cm³/mol. The third kappa shape index (κ3) is 3.01. The molecule has 5 nitrogen and oxygen atoms in total. The maximum atomic E-state index is 11.2. The van der Waals surface area contributed by atoms with Gasteiger partial charge in [-0.15, -0.1) is 0 Å². The van der Waals surface area contributed by atoms with Gasteiger partial charge in [0.2, 0.25) is 0 Å². The average Bonchev–Trinajstić information content (AvgIpc) is 2.57. The molecule has 3 aromatic rings. The monoisotopic (exact) mass is 363 g/mol. The third-order valence-corrected chi connectivity index (χ3v) is 4.07. The molecule has 3 rings (SSSR count). The number of hydrogen-bond acceptors (Lipinski definition) is 4. The number of benzene rings is 3. The number of ether oxygens (including phenoxy) is 1. The van der Waals surface area contributed by atoms with Gasteiger partial charge in [0.1, 0.15) is 5.75 Å². The molecule has 0 unspecified atom stereocenters. The second-order valence-electron chi connectivity index (χ2n) is 5.03. The van der Waals surface area contributed by atoms with Crippen molar-refractivity contribution in [3.8, 4) is 11.5 Å². The molecule has 0 radical (unpaired) electrons. The van der Waals surface area contributed by atoms with Crippen molar-refractivity contribution >= 4 is 39.7 Å². The first kappa shape index (κ1) is 16.5. The van der Waals surface area contributed by atoms with E-state index in [0.717, 1.165) is 0 Å². The molecular formula is C17H11Cl2NO4. The van der Waals surface area contributed by atoms with Gasteiger partial charge in [0, 0.05) is 11.5 Å². The van der Waals surface area contributed by atoms with Crippen LogP contribution in [-0.2, 0) is 6.61 Å². The molecule has 0 bridgehead atoms. The summed E-state index contributed by atoms with van der Waals surface area (Å²) in [5.41, 5.74) is 0.552. The van der Waals surface area contributed by atoms with Crippen LogP contribution in [-0.4, -0.2) is 10.0 Å². The Morgan fingerprint density at radius 2 is 1.67 bits per heavy atom. The fourth-order valence-electron chi connectivity index (χ4n) is 2.41. The second kappa shape index (κ2) is 6.65. The summed E-state index contributed by atoms with van der Waals surface area (Å²) in [5.74, 6) is 0.631. The van der Waals surface area contributed by atoms with Gasteiger partial charge in [-0.2, -0.15) is 0 Å². The number of hydrogen-bond donors (Lipinski definition) is 1. The number of fused-ring (bicyclic) bond motifs is 1. The van der Waals surface area contributed by atoms with Crippen molar-refractivity contribution in [2.45, 2.75) is 6.61 Å². The molecule has 0 fully saturated rings. The SMILES string of the molecule is O=[N+]([O-])c1ccc(Oc2c(Cl)cc(CO)cc2Cl)c2ccccc12. The number of nitro groups is 1. The van der Waals surface area contributed by atoms with Crippen molar-refractivity contribution < 1.29 is 14.8 Å². The Balaban J connectivity index is 2.12. The molecule has 122 valence electrons. The molecule has 7 heteroatoms. The van der Waals surface area contributed by atoms with Gasteiger partial charge in [0.25, 0.3) is 5.69 Å². The van der Waals surface area contributed by atoms with Crippen LogP contribution in [0.15, 0.2) is 48.5 Å². The molecule has 0 aromatic heterocycles. The highest BCUT2D eigenvalue weighted by Crippen LogP contribution is 2.41. The van der Waals surface area contributed by atoms with E-state index in [9.17, 15) is 10.1 Å². The fourth-order valence-corrected chi connectivity index (χ4v) is 3.02. The Kier molecular flexibility index (Phi) is 4.57. The van der Waals surface area contributed by atoms with Gasteiger partial charge < -0.3 is 9.84 Å². The number of nitro benzene ring substituents is 1.